The van der Waals surface area contributed by atoms with Crippen molar-refractivity contribution in [2.45, 2.75) is 135 Å². The van der Waals surface area contributed by atoms with E-state index in [2.05, 4.69) is 62.5 Å². The first-order chi connectivity index (χ1) is 29.8. The predicted octanol–water partition coefficient (Wildman–Crippen LogP) is 10.2. The number of nitrogens with zero attached hydrogens (tertiary/aromatic N) is 1. The minimum atomic E-state index is -4.69. The third kappa shape index (κ3) is 43.0. The molecule has 0 heterocycles. The number of carbonyl (C=O) groups excluding carboxylic acids is 2. The summed E-state index contributed by atoms with van der Waals surface area (Å²) >= 11 is 0. The number of carbonyl (C=O) groups is 2. The van der Waals surface area contributed by atoms with Crippen molar-refractivity contribution >= 4 is 19.8 Å². The summed E-state index contributed by atoms with van der Waals surface area (Å²) in [5.74, 6) is -1.06. The van der Waals surface area contributed by atoms with E-state index >= 15 is 0 Å². The number of phosphoric acid groups is 1. The van der Waals surface area contributed by atoms with Gasteiger partial charge in [-0.3, -0.25) is 14.2 Å². The Labute approximate surface area is 374 Å². The number of quaternary nitrogens is 1. The molecule has 1 unspecified atom stereocenters. The Hall–Kier alpha value is -3.67. The Morgan fingerprint density at radius 2 is 1.18 bits per heavy atom. The van der Waals surface area contributed by atoms with Gasteiger partial charge in [0.05, 0.1) is 40.0 Å². The van der Waals surface area contributed by atoms with Gasteiger partial charge in [-0.2, -0.15) is 0 Å². The fourth-order valence-corrected chi connectivity index (χ4v) is 5.88. The number of hydrogen-bond donors (Lipinski definition) is 2. The standard InChI is InChI=1S/C50H80NO10P/c1-6-8-10-11-12-13-14-15-16-17-18-19-20-21-25-28-34-41-50(55)61-48(45-60-62(56,57)59-43-42-51(3,4)5)44-58-49(54)40-35-29-33-39-47(53)38-32-27-24-22-23-26-31-37-46(52)36-30-9-7-2/h8-10,12-13,15-16,18-19,23-24,26-27,30-33,37-39,46-48,52-53H,6-7,11,14,17,20-22,25,28-29,34-36,40-45H2,1-5H3/b10-8-,13-12-,16-15-,19-18-,26-23-,27-24-,30-9-,37-31+,38-32+,39-33-/t46-,47-,48-/m1/s1. The van der Waals surface area contributed by atoms with E-state index in [0.717, 1.165) is 57.8 Å². The van der Waals surface area contributed by atoms with E-state index in [0.29, 0.717) is 43.1 Å². The molecule has 12 heteroatoms. The molecule has 0 aromatic rings. The molecule has 0 aliphatic carbocycles. The van der Waals surface area contributed by atoms with Crippen molar-refractivity contribution in [1.82, 2.24) is 0 Å². The topological polar surface area (TPSA) is 152 Å². The third-order valence-electron chi connectivity index (χ3n) is 8.65. The summed E-state index contributed by atoms with van der Waals surface area (Å²) < 4.78 is 33.7. The number of rotatable bonds is 38. The number of hydrogen-bond acceptors (Lipinski definition) is 10. The molecule has 0 saturated heterocycles. The van der Waals surface area contributed by atoms with Crippen LogP contribution in [0.15, 0.2) is 122 Å². The molecule has 62 heavy (non-hydrogen) atoms. The summed E-state index contributed by atoms with van der Waals surface area (Å²) in [6.07, 6.45) is 48.7. The molecule has 4 atom stereocenters. The smallest absolute Gasteiger partial charge is 0.306 e. The molecule has 0 bridgehead atoms. The van der Waals surface area contributed by atoms with Crippen molar-refractivity contribution in [2.24, 2.45) is 0 Å². The molecular formula is C50H80NO10P. The second kappa shape index (κ2) is 40.1. The van der Waals surface area contributed by atoms with Crippen molar-refractivity contribution < 1.29 is 52.3 Å². The van der Waals surface area contributed by atoms with Crippen molar-refractivity contribution in [3.8, 4) is 0 Å². The summed E-state index contributed by atoms with van der Waals surface area (Å²) in [7, 11) is 1.01. The highest BCUT2D eigenvalue weighted by Gasteiger charge is 2.21. The van der Waals surface area contributed by atoms with Crippen LogP contribution in [0.1, 0.15) is 117 Å². The molecule has 11 nitrogen and oxygen atoms in total. The Kier molecular flexibility index (Phi) is 37.8. The molecule has 0 aromatic heterocycles. The van der Waals surface area contributed by atoms with Crippen LogP contribution in [0, 0.1) is 0 Å². The lowest BCUT2D eigenvalue weighted by Gasteiger charge is -2.28. The van der Waals surface area contributed by atoms with Gasteiger partial charge in [-0.25, -0.2) is 0 Å². The maximum absolute atomic E-state index is 12.7. The summed E-state index contributed by atoms with van der Waals surface area (Å²) in [5, 5.41) is 20.0. The van der Waals surface area contributed by atoms with Crippen LogP contribution < -0.4 is 4.89 Å². The first-order valence-electron chi connectivity index (χ1n) is 22.5. The van der Waals surface area contributed by atoms with Crippen LogP contribution in [-0.4, -0.2) is 92.5 Å². The minimum Gasteiger partial charge on any atom is -0.756 e. The number of likely N-dealkylation sites (N-methyl/N-ethyl adjacent to an activating group) is 1. The highest BCUT2D eigenvalue weighted by atomic mass is 31.2. The van der Waals surface area contributed by atoms with E-state index in [9.17, 15) is 29.3 Å². The summed E-state index contributed by atoms with van der Waals surface area (Å²) in [4.78, 5) is 37.6. The van der Waals surface area contributed by atoms with Gasteiger partial charge in [0.25, 0.3) is 7.82 Å². The van der Waals surface area contributed by atoms with E-state index in [1.165, 1.54) is 0 Å². The monoisotopic (exact) mass is 886 g/mol. The average molecular weight is 886 g/mol. The van der Waals surface area contributed by atoms with Gasteiger partial charge in [0.2, 0.25) is 0 Å². The number of esters is 2. The third-order valence-corrected chi connectivity index (χ3v) is 9.62. The van der Waals surface area contributed by atoms with Gasteiger partial charge < -0.3 is 38.1 Å². The second-order valence-electron chi connectivity index (χ2n) is 15.7. The molecule has 0 aromatic carbocycles. The Morgan fingerprint density at radius 1 is 0.613 bits per heavy atom. The maximum atomic E-state index is 12.7. The van der Waals surface area contributed by atoms with Crippen LogP contribution in [0.2, 0.25) is 0 Å². The average Bonchev–Trinajstić information content (AvgIpc) is 3.21. The molecule has 0 spiro atoms. The van der Waals surface area contributed by atoms with Gasteiger partial charge in [-0.05, 0) is 77.0 Å². The zero-order valence-corrected chi connectivity index (χ0v) is 39.4. The SMILES string of the molecule is CC/C=C\C/C=C\C/C=C\C/C=C\CCCCCCC(=O)O[C@H](COC(=O)CCC/C=C\[C@H](O)/C=C/C=C\C/C=C\C=C\[C@H](O)C/C=C\CC)COP(=O)([O-])OCC[N+](C)(C)C. The highest BCUT2D eigenvalue weighted by molar-refractivity contribution is 7.45. The number of aliphatic hydroxyl groups excluding tert-OH is 2. The van der Waals surface area contributed by atoms with Crippen LogP contribution in [0.5, 0.6) is 0 Å². The molecule has 0 fully saturated rings. The van der Waals surface area contributed by atoms with Crippen LogP contribution in [0.25, 0.3) is 0 Å². The number of ether oxygens (including phenoxy) is 2. The number of phosphoric ester groups is 1. The van der Waals surface area contributed by atoms with Crippen molar-refractivity contribution in [3.63, 3.8) is 0 Å². The van der Waals surface area contributed by atoms with Gasteiger partial charge in [-0.15, -0.1) is 0 Å². The van der Waals surface area contributed by atoms with Crippen molar-refractivity contribution in [3.05, 3.63) is 122 Å². The van der Waals surface area contributed by atoms with Gasteiger partial charge in [0.15, 0.2) is 6.10 Å². The van der Waals surface area contributed by atoms with E-state index in [4.69, 9.17) is 18.5 Å². The van der Waals surface area contributed by atoms with Gasteiger partial charge in [0.1, 0.15) is 19.8 Å². The molecule has 0 radical (unpaired) electrons. The fraction of sp³-hybridized carbons (Fsp3) is 0.560. The first-order valence-corrected chi connectivity index (χ1v) is 23.9. The quantitative estimate of drug-likeness (QED) is 0.0153. The van der Waals surface area contributed by atoms with E-state index in [1.54, 1.807) is 30.4 Å². The Balaban J connectivity index is 4.66. The zero-order valence-electron chi connectivity index (χ0n) is 38.5. The van der Waals surface area contributed by atoms with Gasteiger partial charge in [0, 0.05) is 12.8 Å². The predicted molar refractivity (Wildman–Crippen MR) is 252 cm³/mol. The summed E-state index contributed by atoms with van der Waals surface area (Å²) in [6.45, 7) is 3.63. The maximum Gasteiger partial charge on any atom is 0.306 e. The highest BCUT2D eigenvalue weighted by Crippen LogP contribution is 2.38. The zero-order chi connectivity index (χ0) is 46.0. The number of aliphatic hydroxyl groups is 2. The Morgan fingerprint density at radius 3 is 1.84 bits per heavy atom. The van der Waals surface area contributed by atoms with Gasteiger partial charge >= 0.3 is 11.9 Å². The van der Waals surface area contributed by atoms with Gasteiger partial charge in [-0.1, -0.05) is 148 Å². The fourth-order valence-electron chi connectivity index (χ4n) is 5.15. The first kappa shape index (κ1) is 58.3. The second-order valence-corrected chi connectivity index (χ2v) is 17.1. The Bertz CT molecular complexity index is 1500. The number of unbranched alkanes of at least 4 members (excludes halogenated alkanes) is 5. The van der Waals surface area contributed by atoms with Crippen LogP contribution in [0.4, 0.5) is 0 Å². The lowest BCUT2D eigenvalue weighted by molar-refractivity contribution is -0.870. The van der Waals surface area contributed by atoms with E-state index < -0.39 is 44.7 Å². The van der Waals surface area contributed by atoms with Crippen molar-refractivity contribution in [2.75, 3.05) is 47.5 Å². The van der Waals surface area contributed by atoms with Crippen LogP contribution in [-0.2, 0) is 32.7 Å². The summed E-state index contributed by atoms with van der Waals surface area (Å²) in [6, 6.07) is 0. The molecule has 0 saturated carbocycles. The van der Waals surface area contributed by atoms with E-state index in [1.807, 2.05) is 63.7 Å². The van der Waals surface area contributed by atoms with E-state index in [-0.39, 0.29) is 26.1 Å². The summed E-state index contributed by atoms with van der Waals surface area (Å²) in [5.41, 5.74) is 0. The molecule has 0 rings (SSSR count). The molecule has 0 aliphatic heterocycles. The lowest BCUT2D eigenvalue weighted by Crippen LogP contribution is -2.37. The molecule has 0 amide bonds. The normalized spacial score (nSPS) is 15.7. The largest absolute Gasteiger partial charge is 0.756 e. The molecule has 2 N–H and O–H groups in total. The lowest BCUT2D eigenvalue weighted by atomic mass is 10.1. The van der Waals surface area contributed by atoms with Crippen LogP contribution in [0.3, 0.4) is 0 Å². The molecule has 0 aliphatic rings. The van der Waals surface area contributed by atoms with Crippen molar-refractivity contribution in [1.29, 1.82) is 0 Å². The molecule has 350 valence electrons. The van der Waals surface area contributed by atoms with Crippen LogP contribution >= 0.6 is 7.82 Å². The minimum absolute atomic E-state index is 0.0766. The molecular weight excluding hydrogens is 806 g/mol. The number of allylic oxidation sites excluding steroid dienone is 16.